The van der Waals surface area contributed by atoms with Crippen molar-refractivity contribution in [2.75, 3.05) is 0 Å². The van der Waals surface area contributed by atoms with Gasteiger partial charge in [0.2, 0.25) is 0 Å². The molecule has 5 heteroatoms. The summed E-state index contributed by atoms with van der Waals surface area (Å²) < 4.78 is 5.40. The highest BCUT2D eigenvalue weighted by molar-refractivity contribution is 7.80. The zero-order valence-electron chi connectivity index (χ0n) is 7.46. The quantitative estimate of drug-likeness (QED) is 0.837. The summed E-state index contributed by atoms with van der Waals surface area (Å²) in [7, 11) is 0. The first-order valence-electron chi connectivity index (χ1n) is 3.91. The third-order valence-corrected chi connectivity index (χ3v) is 2.46. The SMILES string of the molecule is CC(Oc1ccc(Cl)cc1Cl)C(N)=S. The molecule has 1 aromatic rings. The summed E-state index contributed by atoms with van der Waals surface area (Å²) in [4.78, 5) is 0.288. The number of nitrogens with two attached hydrogens (primary N) is 1. The van der Waals surface area contributed by atoms with Crippen LogP contribution >= 0.6 is 35.4 Å². The number of thiocarbonyl (C=S) groups is 1. The maximum absolute atomic E-state index is 5.88. The number of hydrogen-bond donors (Lipinski definition) is 1. The van der Waals surface area contributed by atoms with E-state index in [1.54, 1.807) is 25.1 Å². The lowest BCUT2D eigenvalue weighted by molar-refractivity contribution is 0.288. The molecular weight excluding hydrogens is 241 g/mol. The maximum Gasteiger partial charge on any atom is 0.145 e. The second-order valence-electron chi connectivity index (χ2n) is 2.74. The van der Waals surface area contributed by atoms with Gasteiger partial charge in [-0.25, -0.2) is 0 Å². The van der Waals surface area contributed by atoms with Gasteiger partial charge in [0.15, 0.2) is 0 Å². The molecule has 0 amide bonds. The summed E-state index contributed by atoms with van der Waals surface area (Å²) in [5.74, 6) is 0.524. The Morgan fingerprint density at radius 1 is 1.50 bits per heavy atom. The Balaban J connectivity index is 2.82. The minimum Gasteiger partial charge on any atom is -0.482 e. The normalized spacial score (nSPS) is 12.2. The lowest BCUT2D eigenvalue weighted by Crippen LogP contribution is -2.28. The predicted octanol–water partition coefficient (Wildman–Crippen LogP) is 3.05. The molecular formula is C9H9Cl2NOS. The third-order valence-electron chi connectivity index (χ3n) is 1.60. The van der Waals surface area contributed by atoms with E-state index in [2.05, 4.69) is 0 Å². The molecule has 0 aliphatic rings. The first kappa shape index (κ1) is 11.6. The van der Waals surface area contributed by atoms with Crippen molar-refractivity contribution in [3.63, 3.8) is 0 Å². The van der Waals surface area contributed by atoms with Gasteiger partial charge in [0, 0.05) is 5.02 Å². The zero-order valence-corrected chi connectivity index (χ0v) is 9.79. The van der Waals surface area contributed by atoms with Crippen LogP contribution in [0.3, 0.4) is 0 Å². The average Bonchev–Trinajstić information content (AvgIpc) is 2.09. The molecule has 0 spiro atoms. The van der Waals surface area contributed by atoms with E-state index in [1.807, 2.05) is 0 Å². The van der Waals surface area contributed by atoms with E-state index in [0.29, 0.717) is 15.8 Å². The van der Waals surface area contributed by atoms with Crippen LogP contribution in [0.15, 0.2) is 18.2 Å². The summed E-state index contributed by atoms with van der Waals surface area (Å²) >= 11 is 16.4. The van der Waals surface area contributed by atoms with E-state index in [1.165, 1.54) is 0 Å². The molecule has 0 radical (unpaired) electrons. The average molecular weight is 250 g/mol. The van der Waals surface area contributed by atoms with Crippen LogP contribution in [-0.4, -0.2) is 11.1 Å². The van der Waals surface area contributed by atoms with Crippen molar-refractivity contribution in [2.24, 2.45) is 5.73 Å². The van der Waals surface area contributed by atoms with Gasteiger partial charge in [-0.05, 0) is 25.1 Å². The Labute approximate surface area is 97.9 Å². The van der Waals surface area contributed by atoms with Crippen LogP contribution in [0, 0.1) is 0 Å². The standard InChI is InChI=1S/C9H9Cl2NOS/c1-5(9(12)14)13-8-3-2-6(10)4-7(8)11/h2-5H,1H3,(H2,12,14). The number of benzene rings is 1. The Kier molecular flexibility index (Phi) is 3.98. The summed E-state index contributed by atoms with van der Waals surface area (Å²) in [6.07, 6.45) is -0.344. The molecule has 0 fully saturated rings. The Morgan fingerprint density at radius 3 is 2.64 bits per heavy atom. The van der Waals surface area contributed by atoms with Crippen LogP contribution in [-0.2, 0) is 0 Å². The van der Waals surface area contributed by atoms with E-state index in [9.17, 15) is 0 Å². The Morgan fingerprint density at radius 2 is 2.14 bits per heavy atom. The van der Waals surface area contributed by atoms with E-state index >= 15 is 0 Å². The minimum atomic E-state index is -0.344. The second-order valence-corrected chi connectivity index (χ2v) is 4.05. The maximum atomic E-state index is 5.88. The van der Waals surface area contributed by atoms with Gasteiger partial charge in [0.05, 0.1) is 5.02 Å². The molecule has 1 aromatic carbocycles. The zero-order chi connectivity index (χ0) is 10.7. The lowest BCUT2D eigenvalue weighted by Gasteiger charge is -2.14. The van der Waals surface area contributed by atoms with Crippen molar-refractivity contribution in [2.45, 2.75) is 13.0 Å². The molecule has 2 nitrogen and oxygen atoms in total. The van der Waals surface area contributed by atoms with Crippen LogP contribution < -0.4 is 10.5 Å². The van der Waals surface area contributed by atoms with Gasteiger partial charge in [-0.15, -0.1) is 0 Å². The van der Waals surface area contributed by atoms with Crippen molar-refractivity contribution in [3.8, 4) is 5.75 Å². The molecule has 76 valence electrons. The van der Waals surface area contributed by atoms with Crippen LogP contribution in [0.2, 0.25) is 10.0 Å². The van der Waals surface area contributed by atoms with Gasteiger partial charge < -0.3 is 10.5 Å². The van der Waals surface area contributed by atoms with E-state index in [-0.39, 0.29) is 11.1 Å². The minimum absolute atomic E-state index is 0.288. The summed E-state index contributed by atoms with van der Waals surface area (Å²) in [6, 6.07) is 4.97. The second kappa shape index (κ2) is 4.82. The molecule has 2 N–H and O–H groups in total. The molecule has 0 aliphatic heterocycles. The molecule has 0 saturated carbocycles. The molecule has 1 rings (SSSR count). The molecule has 0 heterocycles. The highest BCUT2D eigenvalue weighted by atomic mass is 35.5. The van der Waals surface area contributed by atoms with Gasteiger partial charge in [-0.3, -0.25) is 0 Å². The molecule has 0 bridgehead atoms. The molecule has 0 saturated heterocycles. The third kappa shape index (κ3) is 3.01. The van der Waals surface area contributed by atoms with Gasteiger partial charge in [-0.1, -0.05) is 35.4 Å². The fourth-order valence-electron chi connectivity index (χ4n) is 0.819. The highest BCUT2D eigenvalue weighted by Gasteiger charge is 2.09. The predicted molar refractivity (Wildman–Crippen MR) is 63.3 cm³/mol. The monoisotopic (exact) mass is 249 g/mol. The van der Waals surface area contributed by atoms with Gasteiger partial charge in [0.1, 0.15) is 16.8 Å². The van der Waals surface area contributed by atoms with Crippen molar-refractivity contribution >= 4 is 40.4 Å². The fourth-order valence-corrected chi connectivity index (χ4v) is 1.32. The van der Waals surface area contributed by atoms with Gasteiger partial charge in [-0.2, -0.15) is 0 Å². The molecule has 1 unspecified atom stereocenters. The van der Waals surface area contributed by atoms with Crippen LogP contribution in [0.1, 0.15) is 6.92 Å². The van der Waals surface area contributed by atoms with Crippen molar-refractivity contribution in [1.82, 2.24) is 0 Å². The molecule has 0 aromatic heterocycles. The number of rotatable bonds is 3. The summed E-state index contributed by atoms with van der Waals surface area (Å²) in [5, 5.41) is 1.01. The van der Waals surface area contributed by atoms with Crippen LogP contribution in [0.25, 0.3) is 0 Å². The largest absolute Gasteiger partial charge is 0.482 e. The highest BCUT2D eigenvalue weighted by Crippen LogP contribution is 2.28. The first-order valence-corrected chi connectivity index (χ1v) is 5.08. The van der Waals surface area contributed by atoms with E-state index in [0.717, 1.165) is 0 Å². The Hall–Kier alpha value is -0.510. The molecule has 0 aliphatic carbocycles. The molecule has 14 heavy (non-hydrogen) atoms. The number of hydrogen-bond acceptors (Lipinski definition) is 2. The topological polar surface area (TPSA) is 35.2 Å². The van der Waals surface area contributed by atoms with E-state index in [4.69, 9.17) is 45.9 Å². The van der Waals surface area contributed by atoms with Crippen molar-refractivity contribution < 1.29 is 4.74 Å². The van der Waals surface area contributed by atoms with Crippen LogP contribution in [0.4, 0.5) is 0 Å². The number of halogens is 2. The smallest absolute Gasteiger partial charge is 0.145 e. The lowest BCUT2D eigenvalue weighted by atomic mass is 10.3. The van der Waals surface area contributed by atoms with Gasteiger partial charge in [0.25, 0.3) is 0 Å². The fraction of sp³-hybridized carbons (Fsp3) is 0.222. The van der Waals surface area contributed by atoms with Crippen molar-refractivity contribution in [1.29, 1.82) is 0 Å². The summed E-state index contributed by atoms with van der Waals surface area (Å²) in [6.45, 7) is 1.76. The van der Waals surface area contributed by atoms with E-state index < -0.39 is 0 Å². The van der Waals surface area contributed by atoms with Crippen molar-refractivity contribution in [3.05, 3.63) is 28.2 Å². The molecule has 1 atom stereocenters. The number of ether oxygens (including phenoxy) is 1. The first-order chi connectivity index (χ1) is 6.50. The Bertz CT molecular complexity index is 357. The summed E-state index contributed by atoms with van der Waals surface area (Å²) in [5.41, 5.74) is 5.40. The van der Waals surface area contributed by atoms with Gasteiger partial charge >= 0.3 is 0 Å². The van der Waals surface area contributed by atoms with Crippen LogP contribution in [0.5, 0.6) is 5.75 Å².